The second-order valence-corrected chi connectivity index (χ2v) is 10.4. The summed E-state index contributed by atoms with van der Waals surface area (Å²) in [6, 6.07) is 15.5. The minimum atomic E-state index is -3.48. The number of carbonyl (C=O) groups is 1. The van der Waals surface area contributed by atoms with Crippen LogP contribution in [0.1, 0.15) is 42.4 Å². The number of amides is 1. The van der Waals surface area contributed by atoms with E-state index in [-0.39, 0.29) is 11.8 Å². The Hall–Kier alpha value is -2.18. The minimum Gasteiger partial charge on any atom is -0.338 e. The third kappa shape index (κ3) is 4.44. The lowest BCUT2D eigenvalue weighted by Gasteiger charge is -2.33. The summed E-state index contributed by atoms with van der Waals surface area (Å²) in [6.45, 7) is 4.36. The molecule has 2 aliphatic rings. The monoisotopic (exact) mass is 426 g/mol. The van der Waals surface area contributed by atoms with Gasteiger partial charge in [0, 0.05) is 32.6 Å². The summed E-state index contributed by atoms with van der Waals surface area (Å²) in [5.74, 6) is 0.418. The van der Waals surface area contributed by atoms with Gasteiger partial charge in [-0.05, 0) is 61.3 Å². The lowest BCUT2D eigenvalue weighted by Crippen LogP contribution is -2.41. The molecule has 0 saturated carbocycles. The molecule has 1 atom stereocenters. The van der Waals surface area contributed by atoms with Crippen molar-refractivity contribution in [1.82, 2.24) is 9.21 Å². The number of aryl methyl sites for hydroxylation is 1. The molecule has 4 rings (SSSR count). The van der Waals surface area contributed by atoms with Gasteiger partial charge in [-0.2, -0.15) is 4.31 Å². The number of piperidine rings is 1. The maximum atomic E-state index is 13.1. The summed E-state index contributed by atoms with van der Waals surface area (Å²) in [7, 11) is -3.48. The Kier molecular flexibility index (Phi) is 6.25. The maximum absolute atomic E-state index is 13.1. The summed E-state index contributed by atoms with van der Waals surface area (Å²) in [4.78, 5) is 15.1. The van der Waals surface area contributed by atoms with Gasteiger partial charge in [-0.25, -0.2) is 8.42 Å². The average Bonchev–Trinajstić information content (AvgIpc) is 2.77. The van der Waals surface area contributed by atoms with Crippen molar-refractivity contribution in [1.29, 1.82) is 0 Å². The normalized spacial score (nSPS) is 20.0. The van der Waals surface area contributed by atoms with Crippen molar-refractivity contribution >= 4 is 15.9 Å². The Morgan fingerprint density at radius 3 is 2.57 bits per heavy atom. The van der Waals surface area contributed by atoms with Crippen molar-refractivity contribution in [2.24, 2.45) is 5.92 Å². The fourth-order valence-corrected chi connectivity index (χ4v) is 6.44. The van der Waals surface area contributed by atoms with Crippen LogP contribution >= 0.6 is 0 Å². The van der Waals surface area contributed by atoms with Crippen LogP contribution in [0.5, 0.6) is 0 Å². The van der Waals surface area contributed by atoms with Crippen LogP contribution in [-0.4, -0.2) is 43.2 Å². The summed E-state index contributed by atoms with van der Waals surface area (Å²) >= 11 is 0. The number of sulfonamides is 1. The molecule has 2 heterocycles. The first-order valence-corrected chi connectivity index (χ1v) is 12.3. The van der Waals surface area contributed by atoms with Gasteiger partial charge in [-0.15, -0.1) is 0 Å². The number of hydrogen-bond donors (Lipinski definition) is 0. The molecule has 1 saturated heterocycles. The largest absolute Gasteiger partial charge is 0.338 e. The fraction of sp³-hybridized carbons (Fsp3) is 0.458. The van der Waals surface area contributed by atoms with E-state index in [1.165, 1.54) is 11.1 Å². The average molecular weight is 427 g/mol. The van der Waals surface area contributed by atoms with Crippen LogP contribution in [0.2, 0.25) is 0 Å². The molecule has 2 aliphatic heterocycles. The third-order valence-corrected chi connectivity index (χ3v) is 8.47. The van der Waals surface area contributed by atoms with E-state index in [2.05, 4.69) is 18.2 Å². The van der Waals surface area contributed by atoms with Crippen molar-refractivity contribution in [2.75, 3.05) is 19.6 Å². The van der Waals surface area contributed by atoms with Gasteiger partial charge in [0.15, 0.2) is 0 Å². The zero-order valence-electron chi connectivity index (χ0n) is 17.6. The van der Waals surface area contributed by atoms with Crippen LogP contribution in [0.3, 0.4) is 0 Å². The van der Waals surface area contributed by atoms with Gasteiger partial charge < -0.3 is 4.90 Å². The van der Waals surface area contributed by atoms with E-state index < -0.39 is 10.0 Å². The highest BCUT2D eigenvalue weighted by atomic mass is 32.2. The Balaban J connectivity index is 1.35. The van der Waals surface area contributed by atoms with E-state index in [0.717, 1.165) is 37.8 Å². The van der Waals surface area contributed by atoms with E-state index in [1.54, 1.807) is 16.4 Å². The molecule has 30 heavy (non-hydrogen) atoms. The molecule has 0 aromatic heterocycles. The predicted octanol–water partition coefficient (Wildman–Crippen LogP) is 3.76. The molecular formula is C24H30N2O3S. The first-order chi connectivity index (χ1) is 14.4. The van der Waals surface area contributed by atoms with Crippen LogP contribution in [-0.2, 0) is 27.8 Å². The van der Waals surface area contributed by atoms with E-state index in [1.807, 2.05) is 30.0 Å². The van der Waals surface area contributed by atoms with Gasteiger partial charge in [0.05, 0.1) is 4.90 Å². The first-order valence-electron chi connectivity index (χ1n) is 10.9. The highest BCUT2D eigenvalue weighted by Gasteiger charge is 2.31. The van der Waals surface area contributed by atoms with Crippen LogP contribution in [0, 0.1) is 12.8 Å². The predicted molar refractivity (Wildman–Crippen MR) is 117 cm³/mol. The standard InChI is InChI=1S/C24H30N2O3S/c1-19-7-2-5-11-23(19)30(28,29)26-15-6-8-20(17-26)12-13-24(27)25-16-14-21-9-3-4-10-22(21)18-25/h2-5,7,9-11,20H,6,8,12-18H2,1H3. The molecule has 0 bridgehead atoms. The molecule has 160 valence electrons. The van der Waals surface area contributed by atoms with Crippen molar-refractivity contribution in [2.45, 2.75) is 50.5 Å². The lowest BCUT2D eigenvalue weighted by molar-refractivity contribution is -0.132. The molecule has 1 fully saturated rings. The Morgan fingerprint density at radius 2 is 1.77 bits per heavy atom. The molecule has 0 spiro atoms. The highest BCUT2D eigenvalue weighted by Crippen LogP contribution is 2.28. The third-order valence-electron chi connectivity index (χ3n) is 6.44. The van der Waals surface area contributed by atoms with Crippen LogP contribution in [0.25, 0.3) is 0 Å². The van der Waals surface area contributed by atoms with Crippen LogP contribution in [0.15, 0.2) is 53.4 Å². The minimum absolute atomic E-state index is 0.184. The van der Waals surface area contributed by atoms with Gasteiger partial charge >= 0.3 is 0 Å². The maximum Gasteiger partial charge on any atom is 0.243 e. The quantitative estimate of drug-likeness (QED) is 0.731. The number of nitrogens with zero attached hydrogens (tertiary/aromatic N) is 2. The zero-order valence-corrected chi connectivity index (χ0v) is 18.4. The van der Waals surface area contributed by atoms with E-state index in [9.17, 15) is 13.2 Å². The summed E-state index contributed by atoms with van der Waals surface area (Å²) < 4.78 is 27.8. The highest BCUT2D eigenvalue weighted by molar-refractivity contribution is 7.89. The summed E-state index contributed by atoms with van der Waals surface area (Å²) in [6.07, 6.45) is 3.98. The molecule has 1 amide bonds. The number of carbonyl (C=O) groups excluding carboxylic acids is 1. The smallest absolute Gasteiger partial charge is 0.243 e. The molecule has 2 aromatic carbocycles. The van der Waals surface area contributed by atoms with Crippen molar-refractivity contribution in [3.63, 3.8) is 0 Å². The Labute approximate surface area is 179 Å². The molecule has 0 radical (unpaired) electrons. The van der Waals surface area contributed by atoms with Gasteiger partial charge in [-0.1, -0.05) is 42.5 Å². The topological polar surface area (TPSA) is 57.7 Å². The zero-order chi connectivity index (χ0) is 21.1. The number of fused-ring (bicyclic) bond motifs is 1. The molecule has 0 aliphatic carbocycles. The summed E-state index contributed by atoms with van der Waals surface area (Å²) in [5, 5.41) is 0. The van der Waals surface area contributed by atoms with Gasteiger partial charge in [-0.3, -0.25) is 4.79 Å². The molecular weight excluding hydrogens is 396 g/mol. The number of hydrogen-bond acceptors (Lipinski definition) is 3. The number of benzene rings is 2. The molecule has 5 nitrogen and oxygen atoms in total. The first kappa shape index (κ1) is 21.1. The Morgan fingerprint density at radius 1 is 1.03 bits per heavy atom. The van der Waals surface area contributed by atoms with Gasteiger partial charge in [0.25, 0.3) is 0 Å². The number of rotatable bonds is 5. The SMILES string of the molecule is Cc1ccccc1S(=O)(=O)N1CCCC(CCC(=O)N2CCc3ccccc3C2)C1. The lowest BCUT2D eigenvalue weighted by atomic mass is 9.94. The van der Waals surface area contributed by atoms with Crippen LogP contribution < -0.4 is 0 Å². The van der Waals surface area contributed by atoms with E-state index in [4.69, 9.17) is 0 Å². The second kappa shape index (κ2) is 8.90. The second-order valence-electron chi connectivity index (χ2n) is 8.51. The fourth-order valence-electron chi connectivity index (χ4n) is 4.66. The van der Waals surface area contributed by atoms with Crippen molar-refractivity contribution < 1.29 is 13.2 Å². The van der Waals surface area contributed by atoms with Crippen molar-refractivity contribution in [3.05, 3.63) is 65.2 Å². The molecule has 1 unspecified atom stereocenters. The van der Waals surface area contributed by atoms with Crippen LogP contribution in [0.4, 0.5) is 0 Å². The molecule has 0 N–H and O–H groups in total. The van der Waals surface area contributed by atoms with Gasteiger partial charge in [0.1, 0.15) is 0 Å². The summed E-state index contributed by atoms with van der Waals surface area (Å²) in [5.41, 5.74) is 3.36. The van der Waals surface area contributed by atoms with E-state index >= 15 is 0 Å². The van der Waals surface area contributed by atoms with E-state index in [0.29, 0.717) is 31.0 Å². The van der Waals surface area contributed by atoms with Gasteiger partial charge in [0.2, 0.25) is 15.9 Å². The Bertz CT molecular complexity index is 1020. The molecule has 6 heteroatoms. The van der Waals surface area contributed by atoms with Crippen molar-refractivity contribution in [3.8, 4) is 0 Å². The molecule has 2 aromatic rings.